The van der Waals surface area contributed by atoms with Crippen molar-refractivity contribution in [1.82, 2.24) is 0 Å². The quantitative estimate of drug-likeness (QED) is 0.408. The van der Waals surface area contributed by atoms with E-state index in [1.807, 2.05) is 0 Å². The molecule has 1 saturated carbocycles. The minimum Gasteiger partial charge on any atom is -0.411 e. The van der Waals surface area contributed by atoms with Crippen molar-refractivity contribution in [3.8, 4) is 0 Å². The van der Waals surface area contributed by atoms with Gasteiger partial charge in [-0.1, -0.05) is 19.0 Å². The van der Waals surface area contributed by atoms with Gasteiger partial charge in [0.25, 0.3) is 0 Å². The van der Waals surface area contributed by atoms with Crippen LogP contribution in [0.5, 0.6) is 0 Å². The van der Waals surface area contributed by atoms with Gasteiger partial charge >= 0.3 is 0 Å². The Morgan fingerprint density at radius 1 is 1.50 bits per heavy atom. The minimum absolute atomic E-state index is 0.361. The Morgan fingerprint density at radius 2 is 2.20 bits per heavy atom. The van der Waals surface area contributed by atoms with E-state index in [0.717, 1.165) is 18.6 Å². The highest BCUT2D eigenvalue weighted by Crippen LogP contribution is 2.33. The first-order valence-electron chi connectivity index (χ1n) is 3.84. The van der Waals surface area contributed by atoms with Crippen molar-refractivity contribution in [2.45, 2.75) is 39.5 Å². The second kappa shape index (κ2) is 2.60. The first kappa shape index (κ1) is 7.58. The first-order chi connectivity index (χ1) is 4.64. The van der Waals surface area contributed by atoms with Crippen LogP contribution >= 0.6 is 0 Å². The van der Waals surface area contributed by atoms with Gasteiger partial charge in [-0.15, -0.1) is 0 Å². The molecule has 1 aliphatic carbocycles. The lowest BCUT2D eigenvalue weighted by Gasteiger charge is -2.29. The fraction of sp³-hybridized carbons (Fsp3) is 0.875. The average molecular weight is 141 g/mol. The summed E-state index contributed by atoms with van der Waals surface area (Å²) < 4.78 is 0. The third-order valence-corrected chi connectivity index (χ3v) is 2.14. The number of nitrogens with zero attached hydrogens (tertiary/aromatic N) is 1. The largest absolute Gasteiger partial charge is 0.411 e. The predicted molar refractivity (Wildman–Crippen MR) is 41.5 cm³/mol. The summed E-state index contributed by atoms with van der Waals surface area (Å²) in [5.41, 5.74) is 1.33. The van der Waals surface area contributed by atoms with Crippen molar-refractivity contribution in [1.29, 1.82) is 0 Å². The molecule has 2 heteroatoms. The summed E-state index contributed by atoms with van der Waals surface area (Å²) in [5.74, 6) is 0. The van der Waals surface area contributed by atoms with Crippen molar-refractivity contribution in [3.63, 3.8) is 0 Å². The lowest BCUT2D eigenvalue weighted by Crippen LogP contribution is -2.22. The van der Waals surface area contributed by atoms with Gasteiger partial charge in [-0.3, -0.25) is 0 Å². The summed E-state index contributed by atoms with van der Waals surface area (Å²) in [7, 11) is 0. The molecule has 0 heterocycles. The second-order valence-electron chi connectivity index (χ2n) is 3.86. The molecule has 0 radical (unpaired) electrons. The van der Waals surface area contributed by atoms with E-state index in [4.69, 9.17) is 5.21 Å². The molecule has 0 atom stereocenters. The monoisotopic (exact) mass is 141 g/mol. The number of rotatable bonds is 0. The zero-order valence-corrected chi connectivity index (χ0v) is 6.72. The zero-order chi connectivity index (χ0) is 7.61. The van der Waals surface area contributed by atoms with Crippen LogP contribution in [-0.4, -0.2) is 10.9 Å². The lowest BCUT2D eigenvalue weighted by atomic mass is 9.77. The Balaban J connectivity index is 2.56. The van der Waals surface area contributed by atoms with Crippen LogP contribution in [0.15, 0.2) is 5.16 Å². The van der Waals surface area contributed by atoms with E-state index in [1.54, 1.807) is 0 Å². The van der Waals surface area contributed by atoms with Crippen molar-refractivity contribution < 1.29 is 5.21 Å². The number of oxime groups is 1. The standard InChI is InChI=1S/C8H15NO/c1-8(2)5-3-4-7(6-8)9-10/h10H,3-6H2,1-2H3. The summed E-state index contributed by atoms with van der Waals surface area (Å²) in [4.78, 5) is 0. The molecule has 0 amide bonds. The van der Waals surface area contributed by atoms with Gasteiger partial charge in [-0.05, 0) is 31.1 Å². The van der Waals surface area contributed by atoms with Crippen LogP contribution in [0.2, 0.25) is 0 Å². The van der Waals surface area contributed by atoms with Crippen molar-refractivity contribution >= 4 is 5.71 Å². The number of hydrogen-bond donors (Lipinski definition) is 1. The molecular weight excluding hydrogens is 126 g/mol. The van der Waals surface area contributed by atoms with E-state index < -0.39 is 0 Å². The van der Waals surface area contributed by atoms with Crippen molar-refractivity contribution in [2.24, 2.45) is 10.6 Å². The molecule has 0 spiro atoms. The summed E-state index contributed by atoms with van der Waals surface area (Å²) in [6.07, 6.45) is 4.38. The smallest absolute Gasteiger partial charge is 0.0576 e. The zero-order valence-electron chi connectivity index (χ0n) is 6.72. The van der Waals surface area contributed by atoms with Gasteiger partial charge < -0.3 is 5.21 Å². The molecular formula is C8H15NO. The van der Waals surface area contributed by atoms with Gasteiger partial charge in [0.15, 0.2) is 0 Å². The fourth-order valence-corrected chi connectivity index (χ4v) is 1.59. The molecule has 0 aromatic rings. The molecule has 1 N–H and O–H groups in total. The molecule has 1 rings (SSSR count). The van der Waals surface area contributed by atoms with E-state index in [1.165, 1.54) is 12.8 Å². The average Bonchev–Trinajstić information content (AvgIpc) is 1.86. The van der Waals surface area contributed by atoms with Crippen LogP contribution in [0.4, 0.5) is 0 Å². The molecule has 0 aromatic carbocycles. The van der Waals surface area contributed by atoms with Gasteiger partial charge in [0, 0.05) is 0 Å². The SMILES string of the molecule is CC1(C)CCCC(=NO)C1. The fourth-order valence-electron chi connectivity index (χ4n) is 1.59. The molecule has 0 unspecified atom stereocenters. The van der Waals surface area contributed by atoms with Crippen LogP contribution < -0.4 is 0 Å². The number of hydrogen-bond acceptors (Lipinski definition) is 2. The minimum atomic E-state index is 0.361. The van der Waals surface area contributed by atoms with Gasteiger partial charge in [0.05, 0.1) is 5.71 Å². The molecule has 0 aromatic heterocycles. The Kier molecular flexibility index (Phi) is 1.97. The van der Waals surface area contributed by atoms with Crippen LogP contribution in [0.1, 0.15) is 39.5 Å². The molecule has 2 nitrogen and oxygen atoms in total. The third kappa shape index (κ3) is 1.72. The summed E-state index contributed by atoms with van der Waals surface area (Å²) in [6.45, 7) is 4.44. The van der Waals surface area contributed by atoms with Gasteiger partial charge in [-0.2, -0.15) is 0 Å². The van der Waals surface area contributed by atoms with E-state index >= 15 is 0 Å². The molecule has 1 fully saturated rings. The molecule has 0 saturated heterocycles. The molecule has 58 valence electrons. The summed E-state index contributed by atoms with van der Waals surface area (Å²) in [6, 6.07) is 0. The van der Waals surface area contributed by atoms with Crippen LogP contribution in [0.25, 0.3) is 0 Å². The van der Waals surface area contributed by atoms with Crippen molar-refractivity contribution in [2.75, 3.05) is 0 Å². The topological polar surface area (TPSA) is 32.6 Å². The maximum atomic E-state index is 8.51. The Labute approximate surface area is 61.9 Å². The molecule has 0 bridgehead atoms. The Hall–Kier alpha value is -0.530. The van der Waals surface area contributed by atoms with Gasteiger partial charge in [0.1, 0.15) is 0 Å². The van der Waals surface area contributed by atoms with Gasteiger partial charge in [0.2, 0.25) is 0 Å². The van der Waals surface area contributed by atoms with E-state index in [2.05, 4.69) is 19.0 Å². The Bertz CT molecular complexity index is 149. The maximum Gasteiger partial charge on any atom is 0.0576 e. The van der Waals surface area contributed by atoms with E-state index in [-0.39, 0.29) is 0 Å². The van der Waals surface area contributed by atoms with Crippen LogP contribution in [0, 0.1) is 5.41 Å². The summed E-state index contributed by atoms with van der Waals surface area (Å²) >= 11 is 0. The predicted octanol–water partition coefficient (Wildman–Crippen LogP) is 2.42. The van der Waals surface area contributed by atoms with Gasteiger partial charge in [-0.25, -0.2) is 0 Å². The second-order valence-corrected chi connectivity index (χ2v) is 3.86. The lowest BCUT2D eigenvalue weighted by molar-refractivity contribution is 0.286. The van der Waals surface area contributed by atoms with Crippen LogP contribution in [0.3, 0.4) is 0 Å². The highest BCUT2D eigenvalue weighted by molar-refractivity contribution is 5.85. The molecule has 10 heavy (non-hydrogen) atoms. The third-order valence-electron chi connectivity index (χ3n) is 2.14. The van der Waals surface area contributed by atoms with E-state index in [0.29, 0.717) is 5.41 Å². The maximum absolute atomic E-state index is 8.51. The molecule has 1 aliphatic rings. The normalized spacial score (nSPS) is 28.8. The first-order valence-corrected chi connectivity index (χ1v) is 3.84. The Morgan fingerprint density at radius 3 is 2.60 bits per heavy atom. The van der Waals surface area contributed by atoms with Crippen molar-refractivity contribution in [3.05, 3.63) is 0 Å². The molecule has 0 aliphatic heterocycles. The highest BCUT2D eigenvalue weighted by Gasteiger charge is 2.24. The van der Waals surface area contributed by atoms with E-state index in [9.17, 15) is 0 Å². The highest BCUT2D eigenvalue weighted by atomic mass is 16.4. The van der Waals surface area contributed by atoms with Crippen LogP contribution in [-0.2, 0) is 0 Å². The summed E-state index contributed by atoms with van der Waals surface area (Å²) in [5, 5.41) is 11.8.